The van der Waals surface area contributed by atoms with Crippen molar-refractivity contribution in [3.05, 3.63) is 90.1 Å². The summed E-state index contributed by atoms with van der Waals surface area (Å²) in [5.74, 6) is 0. The minimum atomic E-state index is -0.618. The maximum atomic E-state index is 12.4. The van der Waals surface area contributed by atoms with E-state index in [1.165, 1.54) is 41.8 Å². The van der Waals surface area contributed by atoms with Gasteiger partial charge in [0.25, 0.3) is 5.69 Å². The van der Waals surface area contributed by atoms with E-state index in [1.54, 1.807) is 5.38 Å². The van der Waals surface area contributed by atoms with Crippen LogP contribution >= 0.6 is 27.3 Å². The number of nitro benzene ring substituents is 1. The normalized spacial score (nSPS) is 11.3. The van der Waals surface area contributed by atoms with Crippen molar-refractivity contribution < 1.29 is 9.34 Å². The van der Waals surface area contributed by atoms with E-state index in [2.05, 4.69) is 32.3 Å². The summed E-state index contributed by atoms with van der Waals surface area (Å²) < 4.78 is 6.18. The molecule has 31 heavy (non-hydrogen) atoms. The molecule has 2 aromatic heterocycles. The predicted molar refractivity (Wildman–Crippen MR) is 122 cm³/mol. The molecule has 2 heterocycles. The summed E-state index contributed by atoms with van der Waals surface area (Å²) in [6.07, 6.45) is 1.54. The van der Waals surface area contributed by atoms with Crippen LogP contribution < -0.4 is 10.9 Å². The van der Waals surface area contributed by atoms with Gasteiger partial charge >= 0.3 is 5.63 Å². The molecular weight excluding hydrogens is 484 g/mol. The van der Waals surface area contributed by atoms with Crippen LogP contribution in [0.2, 0.25) is 0 Å². The van der Waals surface area contributed by atoms with Crippen molar-refractivity contribution >= 4 is 55.2 Å². The Balaban J connectivity index is 1.68. The van der Waals surface area contributed by atoms with Gasteiger partial charge in [0.1, 0.15) is 22.2 Å². The van der Waals surface area contributed by atoms with Crippen LogP contribution in [0.25, 0.3) is 27.8 Å². The third-order valence-electron chi connectivity index (χ3n) is 4.27. The molecule has 0 unspecified atom stereocenters. The van der Waals surface area contributed by atoms with E-state index in [4.69, 9.17) is 4.42 Å². The van der Waals surface area contributed by atoms with Crippen LogP contribution in [-0.4, -0.2) is 9.91 Å². The lowest BCUT2D eigenvalue weighted by atomic mass is 10.1. The monoisotopic (exact) mass is 494 g/mol. The van der Waals surface area contributed by atoms with Crippen LogP contribution in [0.5, 0.6) is 0 Å². The first kappa shape index (κ1) is 20.5. The molecule has 2 aromatic carbocycles. The highest BCUT2D eigenvalue weighted by Crippen LogP contribution is 2.28. The fourth-order valence-corrected chi connectivity index (χ4v) is 3.98. The molecule has 0 aliphatic rings. The largest absolute Gasteiger partial charge is 0.422 e. The number of benzene rings is 2. The second kappa shape index (κ2) is 8.51. The molecule has 4 aromatic rings. The SMILES string of the molecule is N#CC(=CNc1cccc(Br)c1)c1nc(-c2cc3cc([N+](=O)[O-])ccc3oc2=O)cs1. The fourth-order valence-electron chi connectivity index (χ4n) is 2.80. The highest BCUT2D eigenvalue weighted by Gasteiger charge is 2.15. The molecule has 10 heteroatoms. The quantitative estimate of drug-likeness (QED) is 0.166. The summed E-state index contributed by atoms with van der Waals surface area (Å²) in [5.41, 5.74) is 1.07. The molecule has 8 nitrogen and oxygen atoms in total. The van der Waals surface area contributed by atoms with Crippen molar-refractivity contribution in [2.75, 3.05) is 5.32 Å². The van der Waals surface area contributed by atoms with Gasteiger partial charge in [-0.1, -0.05) is 22.0 Å². The molecule has 0 saturated heterocycles. The standard InChI is InChI=1S/C21H11BrN4O4S/c22-14-2-1-3-15(8-14)24-10-13(9-23)20-25-18(11-31-20)17-7-12-6-16(26(28)29)4-5-19(12)30-21(17)27/h1-8,10-11,24H. The smallest absolute Gasteiger partial charge is 0.345 e. The van der Waals surface area contributed by atoms with Crippen LogP contribution in [0.15, 0.2) is 73.8 Å². The predicted octanol–water partition coefficient (Wildman–Crippen LogP) is 5.56. The Hall–Kier alpha value is -3.81. The lowest BCUT2D eigenvalue weighted by molar-refractivity contribution is -0.384. The minimum Gasteiger partial charge on any atom is -0.422 e. The van der Waals surface area contributed by atoms with E-state index < -0.39 is 10.5 Å². The van der Waals surface area contributed by atoms with Crippen molar-refractivity contribution in [2.24, 2.45) is 0 Å². The summed E-state index contributed by atoms with van der Waals surface area (Å²) in [4.78, 5) is 27.3. The average Bonchev–Trinajstić information content (AvgIpc) is 3.23. The van der Waals surface area contributed by atoms with Gasteiger partial charge in [-0.3, -0.25) is 10.1 Å². The van der Waals surface area contributed by atoms with Crippen LogP contribution in [0.3, 0.4) is 0 Å². The zero-order valence-electron chi connectivity index (χ0n) is 15.5. The molecule has 152 valence electrons. The number of hydrogen-bond acceptors (Lipinski definition) is 8. The van der Waals surface area contributed by atoms with Gasteiger partial charge in [0.15, 0.2) is 0 Å². The highest BCUT2D eigenvalue weighted by atomic mass is 79.9. The summed E-state index contributed by atoms with van der Waals surface area (Å²) in [5, 5.41) is 26.0. The van der Waals surface area contributed by atoms with Crippen molar-refractivity contribution in [2.45, 2.75) is 0 Å². The van der Waals surface area contributed by atoms with E-state index in [-0.39, 0.29) is 22.4 Å². The number of rotatable bonds is 5. The van der Waals surface area contributed by atoms with E-state index in [1.807, 2.05) is 24.3 Å². The number of halogens is 1. The lowest BCUT2D eigenvalue weighted by Crippen LogP contribution is -2.03. The number of allylic oxidation sites excluding steroid dienone is 1. The number of nitriles is 1. The lowest BCUT2D eigenvalue weighted by Gasteiger charge is -2.02. The molecule has 0 spiro atoms. The van der Waals surface area contributed by atoms with Crippen LogP contribution in [0.1, 0.15) is 5.01 Å². The first-order valence-corrected chi connectivity index (χ1v) is 10.4. The molecule has 0 bridgehead atoms. The van der Waals surface area contributed by atoms with Crippen molar-refractivity contribution in [3.8, 4) is 17.3 Å². The summed E-state index contributed by atoms with van der Waals surface area (Å²) in [6.45, 7) is 0. The molecule has 4 rings (SSSR count). The number of nitrogens with one attached hydrogen (secondary N) is 1. The maximum absolute atomic E-state index is 12.4. The third-order valence-corrected chi connectivity index (χ3v) is 5.63. The Morgan fingerprint density at radius 2 is 2.13 bits per heavy atom. The molecule has 0 amide bonds. The minimum absolute atomic E-state index is 0.111. The topological polar surface area (TPSA) is 122 Å². The van der Waals surface area contributed by atoms with Gasteiger partial charge in [0.2, 0.25) is 0 Å². The number of nitrogens with zero attached hydrogens (tertiary/aromatic N) is 3. The first-order valence-electron chi connectivity index (χ1n) is 8.75. The van der Waals surface area contributed by atoms with Crippen LogP contribution in [0.4, 0.5) is 11.4 Å². The van der Waals surface area contributed by atoms with Crippen molar-refractivity contribution in [1.29, 1.82) is 5.26 Å². The summed E-state index contributed by atoms with van der Waals surface area (Å²) in [7, 11) is 0. The second-order valence-electron chi connectivity index (χ2n) is 6.29. The molecule has 1 N–H and O–H groups in total. The van der Waals surface area contributed by atoms with Gasteiger partial charge in [-0.2, -0.15) is 5.26 Å². The molecular formula is C21H11BrN4O4S. The van der Waals surface area contributed by atoms with E-state index >= 15 is 0 Å². The Labute approximate surface area is 187 Å². The van der Waals surface area contributed by atoms with Crippen LogP contribution in [0, 0.1) is 21.4 Å². The molecule has 0 aliphatic heterocycles. The molecule has 0 saturated carbocycles. The number of fused-ring (bicyclic) bond motifs is 1. The summed E-state index contributed by atoms with van der Waals surface area (Å²) in [6, 6.07) is 15.0. The van der Waals surface area contributed by atoms with E-state index in [9.17, 15) is 20.2 Å². The number of nitro groups is 1. The Morgan fingerprint density at radius 1 is 1.29 bits per heavy atom. The third kappa shape index (κ3) is 4.37. The van der Waals surface area contributed by atoms with Crippen LogP contribution in [-0.2, 0) is 0 Å². The number of thiazole rings is 1. The fraction of sp³-hybridized carbons (Fsp3) is 0. The first-order chi connectivity index (χ1) is 14.9. The Morgan fingerprint density at radius 3 is 2.87 bits per heavy atom. The van der Waals surface area contributed by atoms with Gasteiger partial charge in [0, 0.05) is 39.3 Å². The van der Waals surface area contributed by atoms with Gasteiger partial charge < -0.3 is 9.73 Å². The van der Waals surface area contributed by atoms with Gasteiger partial charge in [-0.15, -0.1) is 11.3 Å². The molecule has 0 fully saturated rings. The number of anilines is 1. The number of non-ortho nitro benzene ring substituents is 1. The Kier molecular flexibility index (Phi) is 5.62. The molecule has 0 atom stereocenters. The second-order valence-corrected chi connectivity index (χ2v) is 8.06. The van der Waals surface area contributed by atoms with E-state index in [0.29, 0.717) is 16.1 Å². The van der Waals surface area contributed by atoms with Crippen molar-refractivity contribution in [3.63, 3.8) is 0 Å². The van der Waals surface area contributed by atoms with Gasteiger partial charge in [-0.25, -0.2) is 9.78 Å². The number of hydrogen-bond donors (Lipinski definition) is 1. The van der Waals surface area contributed by atoms with Gasteiger partial charge in [-0.05, 0) is 30.3 Å². The zero-order valence-corrected chi connectivity index (χ0v) is 17.9. The maximum Gasteiger partial charge on any atom is 0.345 e. The molecule has 0 aliphatic carbocycles. The van der Waals surface area contributed by atoms with E-state index in [0.717, 1.165) is 10.2 Å². The zero-order chi connectivity index (χ0) is 22.0. The Bertz CT molecular complexity index is 1450. The number of aromatic nitrogens is 1. The molecule has 0 radical (unpaired) electrons. The highest BCUT2D eigenvalue weighted by molar-refractivity contribution is 9.10. The summed E-state index contributed by atoms with van der Waals surface area (Å²) >= 11 is 4.58. The average molecular weight is 495 g/mol. The van der Waals surface area contributed by atoms with Crippen molar-refractivity contribution in [1.82, 2.24) is 4.98 Å². The van der Waals surface area contributed by atoms with Gasteiger partial charge in [0.05, 0.1) is 16.2 Å².